The predicted molar refractivity (Wildman–Crippen MR) is 118 cm³/mol. The number of rotatable bonds is 5. The fourth-order valence-corrected chi connectivity index (χ4v) is 4.28. The number of hydrogen-bond acceptors (Lipinski definition) is 6. The van der Waals surface area contributed by atoms with Crippen molar-refractivity contribution in [3.8, 4) is 11.3 Å². The molecule has 2 aromatic heterocycles. The number of aryl methyl sites for hydroxylation is 3. The molecular formula is C22H25N5O2S. The van der Waals surface area contributed by atoms with Gasteiger partial charge in [0.25, 0.3) is 5.91 Å². The van der Waals surface area contributed by atoms with Crippen molar-refractivity contribution in [3.05, 3.63) is 51.1 Å². The van der Waals surface area contributed by atoms with Crippen molar-refractivity contribution in [1.29, 1.82) is 0 Å². The van der Waals surface area contributed by atoms with Crippen LogP contribution >= 0.6 is 11.3 Å². The van der Waals surface area contributed by atoms with Crippen LogP contribution in [0.15, 0.2) is 24.3 Å². The Morgan fingerprint density at radius 1 is 1.20 bits per heavy atom. The van der Waals surface area contributed by atoms with Crippen molar-refractivity contribution >= 4 is 29.4 Å². The zero-order valence-electron chi connectivity index (χ0n) is 17.4. The monoisotopic (exact) mass is 423 g/mol. The van der Waals surface area contributed by atoms with Crippen molar-refractivity contribution < 1.29 is 9.53 Å². The fourth-order valence-electron chi connectivity index (χ4n) is 3.41. The van der Waals surface area contributed by atoms with E-state index in [2.05, 4.69) is 39.7 Å². The third-order valence-electron chi connectivity index (χ3n) is 5.15. The molecule has 0 saturated carbocycles. The molecule has 1 aliphatic heterocycles. The van der Waals surface area contributed by atoms with Crippen LogP contribution in [-0.4, -0.2) is 45.1 Å². The van der Waals surface area contributed by atoms with Crippen LogP contribution in [0.4, 0.5) is 0 Å². The first kappa shape index (κ1) is 20.4. The Hall–Kier alpha value is -2.84. The van der Waals surface area contributed by atoms with Gasteiger partial charge in [0.1, 0.15) is 15.6 Å². The highest BCUT2D eigenvalue weighted by molar-refractivity contribution is 7.14. The maximum absolute atomic E-state index is 12.7. The molecule has 0 atom stereocenters. The second-order valence-electron chi connectivity index (χ2n) is 7.47. The molecule has 1 aliphatic rings. The lowest BCUT2D eigenvalue weighted by Crippen LogP contribution is -2.38. The van der Waals surface area contributed by atoms with Gasteiger partial charge < -0.3 is 10.1 Å². The first-order chi connectivity index (χ1) is 14.5. The molecule has 1 amide bonds. The van der Waals surface area contributed by atoms with Crippen molar-refractivity contribution in [1.82, 2.24) is 25.3 Å². The molecule has 0 spiro atoms. The van der Waals surface area contributed by atoms with Gasteiger partial charge in [-0.2, -0.15) is 0 Å². The summed E-state index contributed by atoms with van der Waals surface area (Å²) in [4.78, 5) is 17.9. The number of amides is 1. The fraction of sp³-hybridized carbons (Fsp3) is 0.364. The molecule has 156 valence electrons. The molecule has 3 heterocycles. The zero-order valence-corrected chi connectivity index (χ0v) is 18.2. The van der Waals surface area contributed by atoms with Crippen LogP contribution in [0.3, 0.4) is 0 Å². The highest BCUT2D eigenvalue weighted by Gasteiger charge is 2.20. The largest absolute Gasteiger partial charge is 0.381 e. The summed E-state index contributed by atoms with van der Waals surface area (Å²) < 4.78 is 7.10. The Kier molecular flexibility index (Phi) is 6.06. The minimum Gasteiger partial charge on any atom is -0.381 e. The third-order valence-corrected chi connectivity index (χ3v) is 6.28. The number of nitrogens with zero attached hydrogens (tertiary/aromatic N) is 4. The number of carbonyl (C=O) groups is 1. The molecular weight excluding hydrogens is 398 g/mol. The lowest BCUT2D eigenvalue weighted by molar-refractivity contribution is 0.0698. The number of hydrogen-bond donors (Lipinski definition) is 1. The van der Waals surface area contributed by atoms with E-state index in [4.69, 9.17) is 4.74 Å². The Bertz CT molecular complexity index is 1060. The van der Waals surface area contributed by atoms with Crippen molar-refractivity contribution in [2.45, 2.75) is 32.7 Å². The van der Waals surface area contributed by atoms with E-state index in [1.807, 2.05) is 38.3 Å². The minimum atomic E-state index is -0.0564. The van der Waals surface area contributed by atoms with Gasteiger partial charge in [0.15, 0.2) is 0 Å². The Morgan fingerprint density at radius 2 is 1.93 bits per heavy atom. The van der Waals surface area contributed by atoms with Crippen molar-refractivity contribution in [2.24, 2.45) is 7.05 Å². The third kappa shape index (κ3) is 4.49. The molecule has 1 N–H and O–H groups in total. The molecule has 0 unspecified atom stereocenters. The lowest BCUT2D eigenvalue weighted by atomic mass is 10.1. The van der Waals surface area contributed by atoms with Crippen molar-refractivity contribution in [2.75, 3.05) is 13.2 Å². The van der Waals surface area contributed by atoms with E-state index in [1.165, 1.54) is 16.9 Å². The molecule has 8 heteroatoms. The number of ether oxygens (including phenoxy) is 1. The number of benzene rings is 1. The summed E-state index contributed by atoms with van der Waals surface area (Å²) in [6.45, 7) is 5.32. The van der Waals surface area contributed by atoms with E-state index < -0.39 is 0 Å². The van der Waals surface area contributed by atoms with E-state index in [0.717, 1.165) is 40.5 Å². The van der Waals surface area contributed by atoms with Gasteiger partial charge in [-0.3, -0.25) is 4.79 Å². The summed E-state index contributed by atoms with van der Waals surface area (Å²) >= 11 is 1.40. The number of carbonyl (C=O) groups excluding carboxylic acids is 1. The van der Waals surface area contributed by atoms with E-state index in [1.54, 1.807) is 4.68 Å². The van der Waals surface area contributed by atoms with E-state index in [0.29, 0.717) is 18.1 Å². The van der Waals surface area contributed by atoms with Crippen molar-refractivity contribution in [3.63, 3.8) is 0 Å². The van der Waals surface area contributed by atoms with Gasteiger partial charge in [-0.1, -0.05) is 35.0 Å². The van der Waals surface area contributed by atoms with Crippen LogP contribution in [0.1, 0.15) is 44.5 Å². The molecule has 30 heavy (non-hydrogen) atoms. The lowest BCUT2D eigenvalue weighted by Gasteiger charge is -2.22. The molecule has 1 aromatic carbocycles. The predicted octanol–water partition coefficient (Wildman–Crippen LogP) is 3.63. The normalized spacial score (nSPS) is 15.0. The van der Waals surface area contributed by atoms with E-state index in [-0.39, 0.29) is 11.9 Å². The molecule has 1 fully saturated rings. The summed E-state index contributed by atoms with van der Waals surface area (Å²) in [5.74, 6) is -0.0564. The topological polar surface area (TPSA) is 81.9 Å². The van der Waals surface area contributed by atoms with Gasteiger partial charge in [-0.25, -0.2) is 9.67 Å². The number of nitrogens with one attached hydrogen (secondary N) is 1. The van der Waals surface area contributed by atoms with Crippen LogP contribution in [0, 0.1) is 13.8 Å². The van der Waals surface area contributed by atoms with Gasteiger partial charge >= 0.3 is 0 Å². The molecule has 3 aromatic rings. The van der Waals surface area contributed by atoms with Crippen LogP contribution in [-0.2, 0) is 11.8 Å². The summed E-state index contributed by atoms with van der Waals surface area (Å²) in [5.41, 5.74) is 4.66. The Balaban J connectivity index is 1.53. The number of aromatic nitrogens is 4. The molecule has 1 saturated heterocycles. The van der Waals surface area contributed by atoms with Gasteiger partial charge in [0, 0.05) is 31.9 Å². The maximum atomic E-state index is 12.7. The van der Waals surface area contributed by atoms with Crippen LogP contribution < -0.4 is 5.32 Å². The average Bonchev–Trinajstić information content (AvgIpc) is 3.30. The summed E-state index contributed by atoms with van der Waals surface area (Å²) in [6, 6.07) is 8.38. The van der Waals surface area contributed by atoms with Gasteiger partial charge in [-0.15, -0.1) is 16.4 Å². The second-order valence-corrected chi connectivity index (χ2v) is 8.50. The molecule has 4 rings (SSSR count). The molecule has 0 aliphatic carbocycles. The highest BCUT2D eigenvalue weighted by Crippen LogP contribution is 2.25. The summed E-state index contributed by atoms with van der Waals surface area (Å²) in [7, 11) is 1.87. The second kappa shape index (κ2) is 8.89. The molecule has 7 nitrogen and oxygen atoms in total. The van der Waals surface area contributed by atoms with Gasteiger partial charge in [-0.05, 0) is 38.8 Å². The first-order valence-electron chi connectivity index (χ1n) is 10.0. The summed E-state index contributed by atoms with van der Waals surface area (Å²) in [5, 5.41) is 12.4. The first-order valence-corrected chi connectivity index (χ1v) is 10.8. The molecule has 0 bridgehead atoms. The standard InChI is InChI=1S/C22H25N5O2S/c1-14-4-6-16(7-5-14)20-18(27(3)26-25-20)8-9-19-23-15(2)21(30-19)22(28)24-17-10-12-29-13-11-17/h4-9,17H,10-13H2,1-3H3,(H,24,28). The average molecular weight is 424 g/mol. The zero-order chi connectivity index (χ0) is 21.1. The van der Waals surface area contributed by atoms with Gasteiger partial charge in [0.2, 0.25) is 0 Å². The smallest absolute Gasteiger partial charge is 0.263 e. The quantitative estimate of drug-likeness (QED) is 0.678. The number of thiazole rings is 1. The van der Waals surface area contributed by atoms with Crippen LogP contribution in [0.2, 0.25) is 0 Å². The highest BCUT2D eigenvalue weighted by atomic mass is 32.1. The minimum absolute atomic E-state index is 0.0564. The maximum Gasteiger partial charge on any atom is 0.263 e. The van der Waals surface area contributed by atoms with Crippen LogP contribution in [0.5, 0.6) is 0 Å². The summed E-state index contributed by atoms with van der Waals surface area (Å²) in [6.07, 6.45) is 5.57. The van der Waals surface area contributed by atoms with E-state index in [9.17, 15) is 4.79 Å². The van der Waals surface area contributed by atoms with Crippen LogP contribution in [0.25, 0.3) is 23.4 Å². The Labute approximate surface area is 179 Å². The van der Waals surface area contributed by atoms with Gasteiger partial charge in [0.05, 0.1) is 11.4 Å². The SMILES string of the molecule is Cc1ccc(-c2nnn(C)c2C=Cc2nc(C)c(C(=O)NC3CCOCC3)s2)cc1. The molecule has 0 radical (unpaired) electrons. The Morgan fingerprint density at radius 3 is 2.67 bits per heavy atom. The van der Waals surface area contributed by atoms with E-state index >= 15 is 0 Å².